The first kappa shape index (κ1) is 27.7. The second kappa shape index (κ2) is 10.2. The zero-order chi connectivity index (χ0) is 27.6. The van der Waals surface area contributed by atoms with Gasteiger partial charge in [0.25, 0.3) is 5.56 Å². The largest absolute Gasteiger partial charge is 0.477 e. The SMILES string of the molecule is CC(C)(Cc1ccc(C(F)(F)F)c(-c2nc(-c3ccc(OCCC(F)(F)F)nc3)cc(=O)[nH]2)c1)C(N)=O. The maximum absolute atomic E-state index is 13.8. The van der Waals surface area contributed by atoms with Crippen molar-refractivity contribution >= 4 is 5.91 Å². The first-order valence-corrected chi connectivity index (χ1v) is 10.8. The van der Waals surface area contributed by atoms with Crippen molar-refractivity contribution in [3.8, 4) is 28.5 Å². The number of primary amides is 1. The van der Waals surface area contributed by atoms with Crippen LogP contribution in [0.25, 0.3) is 22.6 Å². The topological polar surface area (TPSA) is 111 Å². The number of benzene rings is 1. The number of carbonyl (C=O) groups is 1. The number of ether oxygens (including phenoxy) is 1. The zero-order valence-electron chi connectivity index (χ0n) is 19.6. The number of aromatic nitrogens is 3. The average Bonchev–Trinajstić information content (AvgIpc) is 2.77. The normalized spacial score (nSPS) is 12.4. The van der Waals surface area contributed by atoms with Crippen molar-refractivity contribution in [3.05, 3.63) is 64.1 Å². The van der Waals surface area contributed by atoms with Crippen LogP contribution in [0.15, 0.2) is 47.4 Å². The summed E-state index contributed by atoms with van der Waals surface area (Å²) in [5, 5.41) is 0. The highest BCUT2D eigenvalue weighted by molar-refractivity contribution is 5.80. The van der Waals surface area contributed by atoms with Crippen molar-refractivity contribution in [2.75, 3.05) is 6.61 Å². The number of halogens is 6. The average molecular weight is 528 g/mol. The summed E-state index contributed by atoms with van der Waals surface area (Å²) < 4.78 is 83.1. The Bertz CT molecular complexity index is 1330. The molecule has 0 aliphatic carbocycles. The smallest absolute Gasteiger partial charge is 0.417 e. The molecule has 0 radical (unpaired) electrons. The molecule has 0 atom stereocenters. The Morgan fingerprint density at radius 2 is 1.76 bits per heavy atom. The van der Waals surface area contributed by atoms with Gasteiger partial charge in [-0.2, -0.15) is 26.3 Å². The number of pyridine rings is 1. The number of alkyl halides is 6. The fourth-order valence-corrected chi connectivity index (χ4v) is 3.36. The molecule has 7 nitrogen and oxygen atoms in total. The van der Waals surface area contributed by atoms with Crippen LogP contribution in [0.5, 0.6) is 5.88 Å². The van der Waals surface area contributed by atoms with Crippen LogP contribution >= 0.6 is 0 Å². The number of H-pyrrole nitrogens is 1. The van der Waals surface area contributed by atoms with E-state index in [0.717, 1.165) is 12.1 Å². The number of carbonyl (C=O) groups excluding carboxylic acids is 1. The number of rotatable bonds is 8. The molecule has 37 heavy (non-hydrogen) atoms. The van der Waals surface area contributed by atoms with E-state index in [9.17, 15) is 35.9 Å². The van der Waals surface area contributed by atoms with Gasteiger partial charge < -0.3 is 15.5 Å². The molecule has 0 saturated heterocycles. The Balaban J connectivity index is 1.99. The van der Waals surface area contributed by atoms with Crippen LogP contribution < -0.4 is 16.0 Å². The number of nitrogens with one attached hydrogen (secondary N) is 1. The van der Waals surface area contributed by atoms with Gasteiger partial charge in [-0.25, -0.2) is 9.97 Å². The first-order valence-electron chi connectivity index (χ1n) is 10.8. The zero-order valence-corrected chi connectivity index (χ0v) is 19.6. The Morgan fingerprint density at radius 1 is 1.05 bits per heavy atom. The van der Waals surface area contributed by atoms with Gasteiger partial charge in [-0.15, -0.1) is 0 Å². The number of amides is 1. The lowest BCUT2D eigenvalue weighted by atomic mass is 9.84. The fourth-order valence-electron chi connectivity index (χ4n) is 3.36. The summed E-state index contributed by atoms with van der Waals surface area (Å²) in [6, 6.07) is 6.90. The van der Waals surface area contributed by atoms with E-state index in [1.54, 1.807) is 13.8 Å². The molecule has 2 aromatic heterocycles. The highest BCUT2D eigenvalue weighted by atomic mass is 19.4. The minimum atomic E-state index is -4.78. The second-order valence-corrected chi connectivity index (χ2v) is 8.88. The van der Waals surface area contributed by atoms with E-state index in [4.69, 9.17) is 10.5 Å². The highest BCUT2D eigenvalue weighted by Crippen LogP contribution is 2.37. The third-order valence-electron chi connectivity index (χ3n) is 5.37. The predicted octanol–water partition coefficient (Wildman–Crippen LogP) is 4.90. The maximum atomic E-state index is 13.8. The van der Waals surface area contributed by atoms with Crippen molar-refractivity contribution in [2.45, 2.75) is 39.0 Å². The molecule has 3 N–H and O–H groups in total. The Labute approximate surface area is 206 Å². The van der Waals surface area contributed by atoms with Gasteiger partial charge in [0.05, 0.1) is 24.3 Å². The first-order chi connectivity index (χ1) is 17.0. The third kappa shape index (κ3) is 7.30. The molecular formula is C24H22F6N4O3. The van der Waals surface area contributed by atoms with Gasteiger partial charge in [0, 0.05) is 34.9 Å². The van der Waals surface area contributed by atoms with Gasteiger partial charge in [0.1, 0.15) is 5.82 Å². The molecule has 0 saturated carbocycles. The van der Waals surface area contributed by atoms with E-state index in [0.29, 0.717) is 5.56 Å². The highest BCUT2D eigenvalue weighted by Gasteiger charge is 2.35. The van der Waals surface area contributed by atoms with Gasteiger partial charge in [-0.05, 0) is 30.2 Å². The van der Waals surface area contributed by atoms with E-state index >= 15 is 0 Å². The van der Waals surface area contributed by atoms with Crippen molar-refractivity contribution in [1.29, 1.82) is 0 Å². The minimum Gasteiger partial charge on any atom is -0.477 e. The molecule has 0 aliphatic rings. The molecule has 1 aromatic carbocycles. The number of hydrogen-bond acceptors (Lipinski definition) is 5. The quantitative estimate of drug-likeness (QED) is 0.404. The summed E-state index contributed by atoms with van der Waals surface area (Å²) >= 11 is 0. The standard InChI is InChI=1S/C24H22F6N4O3/c1-22(2,21(31)36)11-13-3-5-16(24(28,29)30)15(9-13)20-33-17(10-18(35)34-20)14-4-6-19(32-12-14)37-8-7-23(25,26)27/h3-6,9-10,12H,7-8,11H2,1-2H3,(H2,31,36)(H,33,34,35). The lowest BCUT2D eigenvalue weighted by molar-refractivity contribution is -0.140. The molecule has 0 bridgehead atoms. The van der Waals surface area contributed by atoms with Crippen LogP contribution in [-0.4, -0.2) is 33.6 Å². The number of aromatic amines is 1. The molecule has 0 fully saturated rings. The van der Waals surface area contributed by atoms with Crippen LogP contribution in [0.1, 0.15) is 31.4 Å². The van der Waals surface area contributed by atoms with E-state index in [-0.39, 0.29) is 29.4 Å². The Morgan fingerprint density at radius 3 is 2.32 bits per heavy atom. The molecule has 2 heterocycles. The number of nitrogens with zero attached hydrogens (tertiary/aromatic N) is 2. The van der Waals surface area contributed by atoms with E-state index in [2.05, 4.69) is 15.0 Å². The molecule has 1 amide bonds. The van der Waals surface area contributed by atoms with Crippen LogP contribution in [0, 0.1) is 5.41 Å². The Hall–Kier alpha value is -3.90. The van der Waals surface area contributed by atoms with Gasteiger partial charge in [0.2, 0.25) is 11.8 Å². The lowest BCUT2D eigenvalue weighted by Gasteiger charge is -2.21. The van der Waals surface area contributed by atoms with Crippen LogP contribution in [0.3, 0.4) is 0 Å². The van der Waals surface area contributed by atoms with Crippen LogP contribution in [0.2, 0.25) is 0 Å². The van der Waals surface area contributed by atoms with Gasteiger partial charge in [-0.3, -0.25) is 9.59 Å². The van der Waals surface area contributed by atoms with Crippen molar-refractivity contribution in [1.82, 2.24) is 15.0 Å². The summed E-state index contributed by atoms with van der Waals surface area (Å²) in [7, 11) is 0. The summed E-state index contributed by atoms with van der Waals surface area (Å²) in [4.78, 5) is 34.4. The lowest BCUT2D eigenvalue weighted by Crippen LogP contribution is -2.33. The predicted molar refractivity (Wildman–Crippen MR) is 121 cm³/mol. The van der Waals surface area contributed by atoms with Crippen molar-refractivity contribution < 1.29 is 35.9 Å². The fraction of sp³-hybridized carbons (Fsp3) is 0.333. The van der Waals surface area contributed by atoms with Gasteiger partial charge in [-0.1, -0.05) is 19.9 Å². The third-order valence-corrected chi connectivity index (χ3v) is 5.37. The van der Waals surface area contributed by atoms with E-state index in [1.165, 1.54) is 30.5 Å². The van der Waals surface area contributed by atoms with Crippen molar-refractivity contribution in [2.24, 2.45) is 11.1 Å². The number of nitrogens with two attached hydrogens (primary N) is 1. The maximum Gasteiger partial charge on any atom is 0.417 e. The molecule has 0 unspecified atom stereocenters. The Kier molecular flexibility index (Phi) is 7.65. The molecule has 13 heteroatoms. The molecule has 3 aromatic rings. The van der Waals surface area contributed by atoms with Crippen molar-refractivity contribution in [3.63, 3.8) is 0 Å². The summed E-state index contributed by atoms with van der Waals surface area (Å²) in [5.41, 5.74) is 2.68. The number of hydrogen-bond donors (Lipinski definition) is 2. The summed E-state index contributed by atoms with van der Waals surface area (Å²) in [6.45, 7) is 2.46. The molecule has 0 aliphatic heterocycles. The molecule has 3 rings (SSSR count). The minimum absolute atomic E-state index is 0.0240. The monoisotopic (exact) mass is 528 g/mol. The van der Waals surface area contributed by atoms with E-state index < -0.39 is 53.4 Å². The van der Waals surface area contributed by atoms with Gasteiger partial charge in [0.15, 0.2) is 0 Å². The van der Waals surface area contributed by atoms with E-state index in [1.807, 2.05) is 0 Å². The molecule has 0 spiro atoms. The van der Waals surface area contributed by atoms with Gasteiger partial charge >= 0.3 is 12.4 Å². The molecular weight excluding hydrogens is 506 g/mol. The van der Waals surface area contributed by atoms with Crippen LogP contribution in [-0.2, 0) is 17.4 Å². The summed E-state index contributed by atoms with van der Waals surface area (Å²) in [6.07, 6.45) is -9.14. The second-order valence-electron chi connectivity index (χ2n) is 8.88. The summed E-state index contributed by atoms with van der Waals surface area (Å²) in [5.74, 6) is -1.12. The molecule has 198 valence electrons. The van der Waals surface area contributed by atoms with Crippen LogP contribution in [0.4, 0.5) is 26.3 Å².